The molecule has 0 radical (unpaired) electrons. The van der Waals surface area contributed by atoms with E-state index in [1.807, 2.05) is 0 Å². The van der Waals surface area contributed by atoms with Gasteiger partial charge in [-0.15, -0.1) is 0 Å². The van der Waals surface area contributed by atoms with Crippen LogP contribution in [0.3, 0.4) is 0 Å². The highest BCUT2D eigenvalue weighted by molar-refractivity contribution is 6.42. The van der Waals surface area contributed by atoms with Gasteiger partial charge in [-0.2, -0.15) is 0 Å². The third-order valence-electron chi connectivity index (χ3n) is 2.69. The summed E-state index contributed by atoms with van der Waals surface area (Å²) in [6, 6.07) is 0. The van der Waals surface area contributed by atoms with Crippen LogP contribution >= 0.6 is 23.2 Å². The molecule has 98 valence electrons. The summed E-state index contributed by atoms with van der Waals surface area (Å²) in [6.45, 7) is 0.720. The van der Waals surface area contributed by atoms with E-state index in [9.17, 15) is 4.79 Å². The summed E-state index contributed by atoms with van der Waals surface area (Å²) in [7, 11) is 0. The fourth-order valence-electron chi connectivity index (χ4n) is 1.79. The van der Waals surface area contributed by atoms with Gasteiger partial charge in [0.2, 0.25) is 5.91 Å². The maximum atomic E-state index is 11.8. The van der Waals surface area contributed by atoms with Crippen molar-refractivity contribution in [1.29, 1.82) is 0 Å². The van der Waals surface area contributed by atoms with E-state index in [0.717, 1.165) is 25.9 Å². The van der Waals surface area contributed by atoms with Gasteiger partial charge in [0.15, 0.2) is 11.0 Å². The fourth-order valence-corrected chi connectivity index (χ4v) is 2.07. The Labute approximate surface area is 115 Å². The van der Waals surface area contributed by atoms with Crippen LogP contribution in [0.2, 0.25) is 10.2 Å². The van der Waals surface area contributed by atoms with Crippen molar-refractivity contribution in [2.24, 2.45) is 0 Å². The van der Waals surface area contributed by atoms with Gasteiger partial charge in [0, 0.05) is 6.61 Å². The molecule has 18 heavy (non-hydrogen) atoms. The smallest absolute Gasteiger partial charge is 0.228 e. The predicted octanol–water partition coefficient (Wildman–Crippen LogP) is 2.68. The lowest BCUT2D eigenvalue weighted by molar-refractivity contribution is -0.119. The molecule has 1 N–H and O–H groups in total. The second kappa shape index (κ2) is 6.31. The molecule has 0 saturated carbocycles. The largest absolute Gasteiger partial charge is 0.378 e. The van der Waals surface area contributed by atoms with E-state index in [1.54, 1.807) is 0 Å². The van der Waals surface area contributed by atoms with Gasteiger partial charge in [-0.05, 0) is 19.3 Å². The first kappa shape index (κ1) is 13.5. The summed E-state index contributed by atoms with van der Waals surface area (Å²) < 4.78 is 5.49. The van der Waals surface area contributed by atoms with Crippen LogP contribution in [0.25, 0.3) is 0 Å². The number of hydrogen-bond acceptors (Lipinski definition) is 4. The Hall–Kier alpha value is -0.910. The van der Waals surface area contributed by atoms with Crippen molar-refractivity contribution in [3.63, 3.8) is 0 Å². The summed E-state index contributed by atoms with van der Waals surface area (Å²) in [5, 5.41) is 2.88. The molecule has 1 atom stereocenters. The average molecular weight is 290 g/mol. The van der Waals surface area contributed by atoms with Gasteiger partial charge >= 0.3 is 0 Å². The lowest BCUT2D eigenvalue weighted by Gasteiger charge is -2.21. The SMILES string of the molecule is O=C(CC1CCCCO1)Nc1ncnc(Cl)c1Cl. The number of carbonyl (C=O) groups is 1. The zero-order valence-corrected chi connectivity index (χ0v) is 11.2. The molecule has 1 aromatic rings. The molecule has 1 aliphatic rings. The monoisotopic (exact) mass is 289 g/mol. The van der Waals surface area contributed by atoms with Crippen LogP contribution in [0.1, 0.15) is 25.7 Å². The average Bonchev–Trinajstić information content (AvgIpc) is 2.36. The van der Waals surface area contributed by atoms with E-state index in [4.69, 9.17) is 27.9 Å². The number of hydrogen-bond donors (Lipinski definition) is 1. The molecule has 1 aromatic heterocycles. The van der Waals surface area contributed by atoms with Gasteiger partial charge in [0.1, 0.15) is 11.3 Å². The van der Waals surface area contributed by atoms with Crippen LogP contribution in [0.5, 0.6) is 0 Å². The Morgan fingerprint density at radius 3 is 3.00 bits per heavy atom. The first-order chi connectivity index (χ1) is 8.66. The molecule has 0 spiro atoms. The van der Waals surface area contributed by atoms with Crippen molar-refractivity contribution in [3.8, 4) is 0 Å². The van der Waals surface area contributed by atoms with Crippen LogP contribution in [0.4, 0.5) is 5.82 Å². The molecule has 0 aliphatic carbocycles. The second-order valence-electron chi connectivity index (χ2n) is 4.07. The number of halogens is 2. The highest BCUT2D eigenvalue weighted by Crippen LogP contribution is 2.25. The minimum absolute atomic E-state index is 0.0187. The Balaban J connectivity index is 1.92. The summed E-state index contributed by atoms with van der Waals surface area (Å²) in [5.74, 6) is 0.0519. The van der Waals surface area contributed by atoms with Crippen LogP contribution in [0, 0.1) is 0 Å². The van der Waals surface area contributed by atoms with Crippen molar-refractivity contribution in [3.05, 3.63) is 16.5 Å². The van der Waals surface area contributed by atoms with Gasteiger partial charge in [-0.1, -0.05) is 23.2 Å². The van der Waals surface area contributed by atoms with Gasteiger partial charge in [-0.25, -0.2) is 9.97 Å². The van der Waals surface area contributed by atoms with Crippen LogP contribution in [0.15, 0.2) is 6.33 Å². The number of nitrogens with zero attached hydrogens (tertiary/aromatic N) is 2. The Morgan fingerprint density at radius 1 is 1.44 bits per heavy atom. The van der Waals surface area contributed by atoms with E-state index < -0.39 is 0 Å². The van der Waals surface area contributed by atoms with Crippen molar-refractivity contribution in [2.45, 2.75) is 31.8 Å². The number of rotatable bonds is 3. The fraction of sp³-hybridized carbons (Fsp3) is 0.545. The van der Waals surface area contributed by atoms with Crippen LogP contribution in [-0.4, -0.2) is 28.6 Å². The van der Waals surface area contributed by atoms with Gasteiger partial charge in [0.05, 0.1) is 12.5 Å². The molecule has 1 amide bonds. The number of anilines is 1. The third-order valence-corrected chi connectivity index (χ3v) is 3.43. The second-order valence-corrected chi connectivity index (χ2v) is 4.80. The molecule has 5 nitrogen and oxygen atoms in total. The topological polar surface area (TPSA) is 64.1 Å². The Kier molecular flexibility index (Phi) is 4.74. The third kappa shape index (κ3) is 3.54. The highest BCUT2D eigenvalue weighted by Gasteiger charge is 2.19. The highest BCUT2D eigenvalue weighted by atomic mass is 35.5. The molecule has 1 saturated heterocycles. The Morgan fingerprint density at radius 2 is 2.28 bits per heavy atom. The van der Waals surface area contributed by atoms with E-state index in [-0.39, 0.29) is 28.0 Å². The lowest BCUT2D eigenvalue weighted by atomic mass is 10.1. The molecule has 2 rings (SSSR count). The quantitative estimate of drug-likeness (QED) is 0.869. The lowest BCUT2D eigenvalue weighted by Crippen LogP contribution is -2.26. The van der Waals surface area contributed by atoms with Crippen LogP contribution in [-0.2, 0) is 9.53 Å². The molecule has 0 aromatic carbocycles. The molecule has 0 bridgehead atoms. The standard InChI is InChI=1S/C11H13Cl2N3O2/c12-9-10(13)14-6-15-11(9)16-8(17)5-7-3-1-2-4-18-7/h6-7H,1-5H2,(H,14,15,16,17). The summed E-state index contributed by atoms with van der Waals surface area (Å²) in [6.07, 6.45) is 4.60. The van der Waals surface area contributed by atoms with Crippen molar-refractivity contribution in [1.82, 2.24) is 9.97 Å². The van der Waals surface area contributed by atoms with Crippen molar-refractivity contribution < 1.29 is 9.53 Å². The molecule has 1 aliphatic heterocycles. The van der Waals surface area contributed by atoms with Crippen molar-refractivity contribution >= 4 is 34.9 Å². The number of nitrogens with one attached hydrogen (secondary N) is 1. The Bertz CT molecular complexity index is 436. The number of aromatic nitrogens is 2. The first-order valence-electron chi connectivity index (χ1n) is 5.74. The molecule has 7 heteroatoms. The van der Waals surface area contributed by atoms with E-state index in [0.29, 0.717) is 6.42 Å². The number of ether oxygens (including phenoxy) is 1. The van der Waals surface area contributed by atoms with Gasteiger partial charge < -0.3 is 10.1 Å². The summed E-state index contributed by atoms with van der Waals surface area (Å²) in [4.78, 5) is 19.4. The maximum Gasteiger partial charge on any atom is 0.228 e. The molecule has 1 unspecified atom stereocenters. The maximum absolute atomic E-state index is 11.8. The normalized spacial score (nSPS) is 19.6. The van der Waals surface area contributed by atoms with Gasteiger partial charge in [-0.3, -0.25) is 4.79 Å². The van der Waals surface area contributed by atoms with E-state index in [1.165, 1.54) is 6.33 Å². The molecular weight excluding hydrogens is 277 g/mol. The molecule has 1 fully saturated rings. The summed E-state index contributed by atoms with van der Waals surface area (Å²) >= 11 is 11.6. The molecular formula is C11H13Cl2N3O2. The van der Waals surface area contributed by atoms with E-state index in [2.05, 4.69) is 15.3 Å². The molecule has 2 heterocycles. The summed E-state index contributed by atoms with van der Waals surface area (Å²) in [5.41, 5.74) is 0. The predicted molar refractivity (Wildman–Crippen MR) is 68.9 cm³/mol. The van der Waals surface area contributed by atoms with Crippen LogP contribution < -0.4 is 5.32 Å². The zero-order valence-electron chi connectivity index (χ0n) is 9.66. The van der Waals surface area contributed by atoms with Crippen molar-refractivity contribution in [2.75, 3.05) is 11.9 Å². The first-order valence-corrected chi connectivity index (χ1v) is 6.50. The number of amides is 1. The van der Waals surface area contributed by atoms with E-state index >= 15 is 0 Å². The zero-order chi connectivity index (χ0) is 13.0. The van der Waals surface area contributed by atoms with Gasteiger partial charge in [0.25, 0.3) is 0 Å². The number of carbonyl (C=O) groups excluding carboxylic acids is 1. The minimum Gasteiger partial charge on any atom is -0.378 e. The minimum atomic E-state index is -0.182.